The zero-order valence-corrected chi connectivity index (χ0v) is 14.2. The number of halogens is 1. The van der Waals surface area contributed by atoms with Crippen molar-refractivity contribution in [3.63, 3.8) is 0 Å². The summed E-state index contributed by atoms with van der Waals surface area (Å²) in [7, 11) is -3.84. The molecule has 1 heterocycles. The summed E-state index contributed by atoms with van der Waals surface area (Å²) in [6, 6.07) is 15.1. The molecule has 8 heteroatoms. The number of anilines is 1. The number of furan rings is 1. The minimum atomic E-state index is -3.84. The summed E-state index contributed by atoms with van der Waals surface area (Å²) in [6.07, 6.45) is 0. The Kier molecular flexibility index (Phi) is 4.52. The first kappa shape index (κ1) is 17.1. The highest BCUT2D eigenvalue weighted by molar-refractivity contribution is 7.92. The van der Waals surface area contributed by atoms with Crippen LogP contribution in [0.5, 0.6) is 0 Å². The van der Waals surface area contributed by atoms with Gasteiger partial charge in [0.05, 0.1) is 10.6 Å². The monoisotopic (exact) mass is 377 g/mol. The van der Waals surface area contributed by atoms with Crippen LogP contribution in [0.1, 0.15) is 10.6 Å². The summed E-state index contributed by atoms with van der Waals surface area (Å²) in [5.74, 6) is -1.26. The first-order chi connectivity index (χ1) is 11.9. The number of rotatable bonds is 5. The van der Waals surface area contributed by atoms with E-state index in [2.05, 4.69) is 4.72 Å². The molecule has 1 aromatic heterocycles. The van der Waals surface area contributed by atoms with Gasteiger partial charge in [-0.25, -0.2) is 13.2 Å². The molecule has 0 atom stereocenters. The molecule has 6 nitrogen and oxygen atoms in total. The van der Waals surface area contributed by atoms with Crippen molar-refractivity contribution in [2.45, 2.75) is 4.90 Å². The Morgan fingerprint density at radius 1 is 1.04 bits per heavy atom. The number of benzene rings is 2. The van der Waals surface area contributed by atoms with Crippen LogP contribution in [0, 0.1) is 0 Å². The fourth-order valence-electron chi connectivity index (χ4n) is 2.22. The molecular weight excluding hydrogens is 366 g/mol. The number of aromatic carboxylic acids is 1. The minimum Gasteiger partial charge on any atom is -0.475 e. The Hall–Kier alpha value is -2.77. The van der Waals surface area contributed by atoms with Crippen LogP contribution < -0.4 is 4.72 Å². The molecule has 0 fully saturated rings. The van der Waals surface area contributed by atoms with Crippen LogP contribution >= 0.6 is 11.6 Å². The summed E-state index contributed by atoms with van der Waals surface area (Å²) in [5.41, 5.74) is 0.555. The Balaban J connectivity index is 2.04. The molecule has 0 saturated carbocycles. The summed E-state index contributed by atoms with van der Waals surface area (Å²) in [4.78, 5) is 11.1. The van der Waals surface area contributed by atoms with Crippen molar-refractivity contribution in [3.05, 3.63) is 71.4 Å². The van der Waals surface area contributed by atoms with Crippen LogP contribution in [-0.2, 0) is 10.0 Å². The number of hydrogen-bond acceptors (Lipinski definition) is 4. The SMILES string of the molecule is O=C(O)c1ccc(-c2ccc(Cl)cc2NS(=O)(=O)c2ccccc2)o1. The van der Waals surface area contributed by atoms with Crippen LogP contribution in [0.15, 0.2) is 70.0 Å². The molecule has 0 spiro atoms. The van der Waals surface area contributed by atoms with Crippen molar-refractivity contribution in [1.82, 2.24) is 0 Å². The predicted molar refractivity (Wildman–Crippen MR) is 93.4 cm³/mol. The molecule has 2 N–H and O–H groups in total. The van der Waals surface area contributed by atoms with Gasteiger partial charge in [-0.05, 0) is 42.5 Å². The zero-order chi connectivity index (χ0) is 18.0. The third-order valence-corrected chi connectivity index (χ3v) is 4.98. The average Bonchev–Trinajstić information content (AvgIpc) is 3.05. The topological polar surface area (TPSA) is 96.6 Å². The maximum absolute atomic E-state index is 12.5. The maximum atomic E-state index is 12.5. The Morgan fingerprint density at radius 2 is 1.76 bits per heavy atom. The molecule has 128 valence electrons. The molecule has 3 aromatic rings. The third kappa shape index (κ3) is 3.67. The highest BCUT2D eigenvalue weighted by Crippen LogP contribution is 2.33. The lowest BCUT2D eigenvalue weighted by Crippen LogP contribution is -2.13. The third-order valence-electron chi connectivity index (χ3n) is 3.36. The van der Waals surface area contributed by atoms with Gasteiger partial charge in [-0.3, -0.25) is 4.72 Å². The second-order valence-electron chi connectivity index (χ2n) is 5.08. The largest absolute Gasteiger partial charge is 0.475 e. The van der Waals surface area contributed by atoms with E-state index in [1.165, 1.54) is 30.3 Å². The van der Waals surface area contributed by atoms with E-state index < -0.39 is 16.0 Å². The minimum absolute atomic E-state index is 0.0894. The molecule has 0 amide bonds. The fourth-order valence-corrected chi connectivity index (χ4v) is 3.48. The molecule has 3 rings (SSSR count). The lowest BCUT2D eigenvalue weighted by molar-refractivity contribution is 0.0663. The van der Waals surface area contributed by atoms with Crippen LogP contribution in [0.2, 0.25) is 5.02 Å². The highest BCUT2D eigenvalue weighted by Gasteiger charge is 2.19. The normalized spacial score (nSPS) is 11.2. The molecule has 0 bridgehead atoms. The van der Waals surface area contributed by atoms with Crippen LogP contribution in [0.25, 0.3) is 11.3 Å². The van der Waals surface area contributed by atoms with Crippen molar-refractivity contribution in [2.24, 2.45) is 0 Å². The summed E-state index contributed by atoms with van der Waals surface area (Å²) in [5, 5.41) is 9.29. The quantitative estimate of drug-likeness (QED) is 0.697. The molecule has 0 aliphatic heterocycles. The van der Waals surface area contributed by atoms with Crippen molar-refractivity contribution < 1.29 is 22.7 Å². The van der Waals surface area contributed by atoms with Crippen molar-refractivity contribution in [1.29, 1.82) is 0 Å². The van der Waals surface area contributed by atoms with E-state index in [0.717, 1.165) is 0 Å². The molecule has 0 aliphatic rings. The van der Waals surface area contributed by atoms with Gasteiger partial charge in [-0.15, -0.1) is 0 Å². The number of carboxylic acids is 1. The van der Waals surface area contributed by atoms with Gasteiger partial charge in [0.25, 0.3) is 10.0 Å². The highest BCUT2D eigenvalue weighted by atomic mass is 35.5. The Bertz CT molecular complexity index is 1030. The van der Waals surface area contributed by atoms with Crippen LogP contribution in [0.4, 0.5) is 5.69 Å². The van der Waals surface area contributed by atoms with E-state index in [-0.39, 0.29) is 22.1 Å². The second kappa shape index (κ2) is 6.62. The van der Waals surface area contributed by atoms with Gasteiger partial charge >= 0.3 is 5.97 Å². The second-order valence-corrected chi connectivity index (χ2v) is 7.20. The van der Waals surface area contributed by atoms with E-state index in [9.17, 15) is 13.2 Å². The molecule has 0 aliphatic carbocycles. The van der Waals surface area contributed by atoms with Crippen molar-refractivity contribution >= 4 is 33.3 Å². The van der Waals surface area contributed by atoms with Crippen molar-refractivity contribution in [3.8, 4) is 11.3 Å². The van der Waals surface area contributed by atoms with Gasteiger partial charge in [0, 0.05) is 10.6 Å². The number of hydrogen-bond donors (Lipinski definition) is 2. The summed E-state index contributed by atoms with van der Waals surface area (Å²) >= 11 is 5.98. The number of carbonyl (C=O) groups is 1. The van der Waals surface area contributed by atoms with Gasteiger partial charge < -0.3 is 9.52 Å². The van der Waals surface area contributed by atoms with Crippen LogP contribution in [-0.4, -0.2) is 19.5 Å². The molecule has 0 radical (unpaired) electrons. The fraction of sp³-hybridized carbons (Fsp3) is 0. The molecular formula is C17H12ClNO5S. The predicted octanol–water partition coefficient (Wildman–Crippen LogP) is 4.10. The smallest absolute Gasteiger partial charge is 0.371 e. The molecule has 0 saturated heterocycles. The molecule has 0 unspecified atom stereocenters. The first-order valence-electron chi connectivity index (χ1n) is 7.08. The standard InChI is InChI=1S/C17H12ClNO5S/c18-11-6-7-13(15-8-9-16(24-15)17(20)21)14(10-11)19-25(22,23)12-4-2-1-3-5-12/h1-10,19H,(H,20,21). The Labute approximate surface area is 148 Å². The number of sulfonamides is 1. The van der Waals surface area contributed by atoms with Gasteiger partial charge in [-0.1, -0.05) is 29.8 Å². The maximum Gasteiger partial charge on any atom is 0.371 e. The van der Waals surface area contributed by atoms with E-state index in [4.69, 9.17) is 21.1 Å². The molecule has 25 heavy (non-hydrogen) atoms. The van der Waals surface area contributed by atoms with E-state index in [1.54, 1.807) is 30.3 Å². The summed E-state index contributed by atoms with van der Waals surface area (Å²) < 4.78 is 32.8. The van der Waals surface area contributed by atoms with Gasteiger partial charge in [-0.2, -0.15) is 0 Å². The van der Waals surface area contributed by atoms with E-state index in [0.29, 0.717) is 10.6 Å². The van der Waals surface area contributed by atoms with Gasteiger partial charge in [0.2, 0.25) is 5.76 Å². The molecule has 2 aromatic carbocycles. The lowest BCUT2D eigenvalue weighted by atomic mass is 10.1. The summed E-state index contributed by atoms with van der Waals surface area (Å²) in [6.45, 7) is 0. The van der Waals surface area contributed by atoms with Crippen LogP contribution in [0.3, 0.4) is 0 Å². The van der Waals surface area contributed by atoms with Gasteiger partial charge in [0.1, 0.15) is 5.76 Å². The van der Waals surface area contributed by atoms with E-state index >= 15 is 0 Å². The number of carboxylic acid groups (broad SMARTS) is 1. The number of nitrogens with one attached hydrogen (secondary N) is 1. The lowest BCUT2D eigenvalue weighted by Gasteiger charge is -2.12. The first-order valence-corrected chi connectivity index (χ1v) is 8.94. The van der Waals surface area contributed by atoms with Crippen molar-refractivity contribution in [2.75, 3.05) is 4.72 Å². The van der Waals surface area contributed by atoms with Gasteiger partial charge in [0.15, 0.2) is 0 Å². The van der Waals surface area contributed by atoms with E-state index in [1.807, 2.05) is 0 Å². The average molecular weight is 378 g/mol. The zero-order valence-electron chi connectivity index (χ0n) is 12.6. The Morgan fingerprint density at radius 3 is 2.40 bits per heavy atom.